The van der Waals surface area contributed by atoms with Gasteiger partial charge in [-0.1, -0.05) is 30.4 Å². The molecule has 0 aromatic heterocycles. The van der Waals surface area contributed by atoms with Gasteiger partial charge in [-0.05, 0) is 61.6 Å². The monoisotopic (exact) mass is 404 g/mol. The number of aliphatic carboxylic acids is 1. The van der Waals surface area contributed by atoms with Gasteiger partial charge < -0.3 is 15.3 Å². The number of nitrogens with zero attached hydrogens (tertiary/aromatic N) is 1. The highest BCUT2D eigenvalue weighted by Crippen LogP contribution is 2.29. The average molecular weight is 404 g/mol. The van der Waals surface area contributed by atoms with E-state index >= 15 is 0 Å². The zero-order valence-corrected chi connectivity index (χ0v) is 16.6. The lowest BCUT2D eigenvalue weighted by molar-refractivity contribution is -0.146. The van der Waals surface area contributed by atoms with Gasteiger partial charge in [0.25, 0.3) is 5.91 Å². The van der Waals surface area contributed by atoms with Crippen molar-refractivity contribution < 1.29 is 19.5 Å². The molecule has 0 spiro atoms. The van der Waals surface area contributed by atoms with Crippen molar-refractivity contribution in [1.82, 2.24) is 0 Å². The summed E-state index contributed by atoms with van der Waals surface area (Å²) in [6.45, 7) is 0.681. The first-order chi connectivity index (χ1) is 14.5. The second-order valence-corrected chi connectivity index (χ2v) is 7.75. The van der Waals surface area contributed by atoms with Crippen LogP contribution in [-0.4, -0.2) is 29.4 Å². The van der Waals surface area contributed by atoms with Gasteiger partial charge >= 0.3 is 5.97 Å². The van der Waals surface area contributed by atoms with Crippen LogP contribution in [0.3, 0.4) is 0 Å². The predicted molar refractivity (Wildman–Crippen MR) is 115 cm³/mol. The molecule has 1 aliphatic carbocycles. The Hall–Kier alpha value is -3.41. The number of hydrogen-bond donors (Lipinski definition) is 2. The van der Waals surface area contributed by atoms with Gasteiger partial charge in [-0.25, -0.2) is 0 Å². The molecule has 6 nitrogen and oxygen atoms in total. The fourth-order valence-corrected chi connectivity index (χ4v) is 4.21. The fraction of sp³-hybridized carbons (Fsp3) is 0.292. The number of amides is 2. The van der Waals surface area contributed by atoms with Gasteiger partial charge in [-0.3, -0.25) is 14.4 Å². The maximum absolute atomic E-state index is 13.0. The minimum Gasteiger partial charge on any atom is -0.481 e. The Morgan fingerprint density at radius 1 is 0.933 bits per heavy atom. The number of carboxylic acid groups (broad SMARTS) is 1. The summed E-state index contributed by atoms with van der Waals surface area (Å²) in [5.41, 5.74) is 3.23. The molecule has 1 heterocycles. The summed E-state index contributed by atoms with van der Waals surface area (Å²) >= 11 is 0. The Kier molecular flexibility index (Phi) is 5.65. The van der Waals surface area contributed by atoms with Crippen molar-refractivity contribution in [3.05, 3.63) is 71.8 Å². The van der Waals surface area contributed by atoms with Crippen LogP contribution >= 0.6 is 0 Å². The summed E-state index contributed by atoms with van der Waals surface area (Å²) in [4.78, 5) is 38.9. The molecule has 2 aliphatic rings. The number of carboxylic acids is 1. The number of allylic oxidation sites excluding steroid dienone is 2. The zero-order valence-electron chi connectivity index (χ0n) is 16.6. The molecule has 1 aliphatic heterocycles. The molecule has 0 saturated carbocycles. The smallest absolute Gasteiger partial charge is 0.307 e. The molecule has 2 atom stereocenters. The number of nitrogens with one attached hydrogen (secondary N) is 1. The molecule has 30 heavy (non-hydrogen) atoms. The standard InChI is InChI=1S/C24H24N2O4/c27-22(19-8-2-3-9-20(19)24(29)30)25-18-13-11-17(12-14-18)23(28)26-15-5-7-16-6-1-4-10-21(16)26/h1-4,6,10-14,19-20H,5,7-9,15H2,(H,25,27)(H,29,30)/t19-,20-/m0/s1. The molecule has 2 aromatic carbocycles. The van der Waals surface area contributed by atoms with Crippen LogP contribution in [-0.2, 0) is 16.0 Å². The van der Waals surface area contributed by atoms with Crippen molar-refractivity contribution in [3.63, 3.8) is 0 Å². The molecule has 0 radical (unpaired) electrons. The molecule has 0 saturated heterocycles. The Morgan fingerprint density at radius 3 is 2.37 bits per heavy atom. The molecule has 0 bridgehead atoms. The summed E-state index contributed by atoms with van der Waals surface area (Å²) in [5.74, 6) is -2.64. The van der Waals surface area contributed by atoms with Gasteiger partial charge in [0.05, 0.1) is 11.8 Å². The summed E-state index contributed by atoms with van der Waals surface area (Å²) in [7, 11) is 0. The van der Waals surface area contributed by atoms with E-state index in [1.54, 1.807) is 29.2 Å². The summed E-state index contributed by atoms with van der Waals surface area (Å²) in [5, 5.41) is 12.2. The third-order valence-electron chi connectivity index (χ3n) is 5.84. The molecular weight excluding hydrogens is 380 g/mol. The van der Waals surface area contributed by atoms with Crippen LogP contribution in [0.4, 0.5) is 11.4 Å². The van der Waals surface area contributed by atoms with E-state index in [2.05, 4.69) is 11.4 Å². The summed E-state index contributed by atoms with van der Waals surface area (Å²) < 4.78 is 0. The highest BCUT2D eigenvalue weighted by Gasteiger charge is 2.34. The van der Waals surface area contributed by atoms with Crippen molar-refractivity contribution in [3.8, 4) is 0 Å². The first kappa shape index (κ1) is 19.9. The van der Waals surface area contributed by atoms with E-state index in [4.69, 9.17) is 0 Å². The van der Waals surface area contributed by atoms with E-state index in [9.17, 15) is 19.5 Å². The van der Waals surface area contributed by atoms with Crippen LogP contribution in [0.1, 0.15) is 35.2 Å². The third-order valence-corrected chi connectivity index (χ3v) is 5.84. The molecule has 2 aromatic rings. The number of fused-ring (bicyclic) bond motifs is 1. The van der Waals surface area contributed by atoms with Gasteiger partial charge in [0, 0.05) is 23.5 Å². The lowest BCUT2D eigenvalue weighted by Gasteiger charge is -2.29. The third kappa shape index (κ3) is 3.99. The maximum atomic E-state index is 13.0. The number of para-hydroxylation sites is 1. The molecule has 6 heteroatoms. The number of carbonyl (C=O) groups is 3. The van der Waals surface area contributed by atoms with E-state index < -0.39 is 17.8 Å². The molecule has 2 amide bonds. The van der Waals surface area contributed by atoms with Crippen LogP contribution in [0.2, 0.25) is 0 Å². The van der Waals surface area contributed by atoms with E-state index in [1.807, 2.05) is 30.4 Å². The van der Waals surface area contributed by atoms with Crippen LogP contribution in [0.15, 0.2) is 60.7 Å². The van der Waals surface area contributed by atoms with Crippen LogP contribution in [0.5, 0.6) is 0 Å². The lowest BCUT2D eigenvalue weighted by Crippen LogP contribution is -2.35. The van der Waals surface area contributed by atoms with Crippen molar-refractivity contribution in [2.45, 2.75) is 25.7 Å². The second kappa shape index (κ2) is 8.53. The van der Waals surface area contributed by atoms with Gasteiger partial charge in [-0.2, -0.15) is 0 Å². The average Bonchev–Trinajstić information content (AvgIpc) is 2.78. The number of benzene rings is 2. The quantitative estimate of drug-likeness (QED) is 0.757. The Labute approximate surface area is 175 Å². The van der Waals surface area contributed by atoms with Crippen molar-refractivity contribution in [2.24, 2.45) is 11.8 Å². The fourth-order valence-electron chi connectivity index (χ4n) is 4.21. The maximum Gasteiger partial charge on any atom is 0.307 e. The molecule has 0 unspecified atom stereocenters. The largest absolute Gasteiger partial charge is 0.481 e. The number of aryl methyl sites for hydroxylation is 1. The van der Waals surface area contributed by atoms with Crippen LogP contribution in [0.25, 0.3) is 0 Å². The van der Waals surface area contributed by atoms with E-state index in [-0.39, 0.29) is 11.8 Å². The molecular formula is C24H24N2O4. The highest BCUT2D eigenvalue weighted by atomic mass is 16.4. The van der Waals surface area contributed by atoms with E-state index in [1.165, 1.54) is 5.56 Å². The Bertz CT molecular complexity index is 997. The van der Waals surface area contributed by atoms with Crippen molar-refractivity contribution >= 4 is 29.2 Å². The van der Waals surface area contributed by atoms with Crippen LogP contribution < -0.4 is 10.2 Å². The number of hydrogen-bond acceptors (Lipinski definition) is 3. The Morgan fingerprint density at radius 2 is 1.63 bits per heavy atom. The van der Waals surface area contributed by atoms with E-state index in [0.29, 0.717) is 30.6 Å². The zero-order chi connectivity index (χ0) is 21.1. The highest BCUT2D eigenvalue weighted by molar-refractivity contribution is 6.07. The minimum absolute atomic E-state index is 0.0663. The normalized spacial score (nSPS) is 20.3. The second-order valence-electron chi connectivity index (χ2n) is 7.75. The number of carbonyl (C=O) groups excluding carboxylic acids is 2. The molecule has 154 valence electrons. The number of rotatable bonds is 4. The topological polar surface area (TPSA) is 86.7 Å². The van der Waals surface area contributed by atoms with Gasteiger partial charge in [0.2, 0.25) is 5.91 Å². The van der Waals surface area contributed by atoms with E-state index in [0.717, 1.165) is 18.5 Å². The van der Waals surface area contributed by atoms with Crippen molar-refractivity contribution in [1.29, 1.82) is 0 Å². The molecule has 0 fully saturated rings. The lowest BCUT2D eigenvalue weighted by atomic mass is 9.82. The SMILES string of the molecule is O=C(O)[C@H]1CC=CC[C@@H]1C(=O)Nc1ccc(C(=O)N2CCCc3ccccc32)cc1. The summed E-state index contributed by atoms with van der Waals surface area (Å²) in [6, 6.07) is 14.7. The predicted octanol–water partition coefficient (Wildman–Crippen LogP) is 3.89. The van der Waals surface area contributed by atoms with Gasteiger partial charge in [0.1, 0.15) is 0 Å². The molecule has 2 N–H and O–H groups in total. The van der Waals surface area contributed by atoms with Gasteiger partial charge in [-0.15, -0.1) is 0 Å². The first-order valence-corrected chi connectivity index (χ1v) is 10.2. The van der Waals surface area contributed by atoms with Crippen LogP contribution in [0, 0.1) is 11.8 Å². The summed E-state index contributed by atoms with van der Waals surface area (Å²) in [6.07, 6.45) is 6.33. The van der Waals surface area contributed by atoms with Crippen molar-refractivity contribution in [2.75, 3.05) is 16.8 Å². The minimum atomic E-state index is -0.956. The Balaban J connectivity index is 1.46. The molecule has 4 rings (SSSR count). The van der Waals surface area contributed by atoms with Gasteiger partial charge in [0.15, 0.2) is 0 Å². The first-order valence-electron chi connectivity index (χ1n) is 10.2. The number of anilines is 2.